The Morgan fingerprint density at radius 1 is 1.37 bits per heavy atom. The van der Waals surface area contributed by atoms with Crippen molar-refractivity contribution in [1.29, 1.82) is 0 Å². The molecule has 19 heavy (non-hydrogen) atoms. The van der Waals surface area contributed by atoms with Gasteiger partial charge in [0.15, 0.2) is 0 Å². The van der Waals surface area contributed by atoms with Gasteiger partial charge in [0.05, 0.1) is 17.2 Å². The molecule has 0 aliphatic heterocycles. The highest BCUT2D eigenvalue weighted by Crippen LogP contribution is 2.22. The first kappa shape index (κ1) is 13.4. The first-order valence-corrected chi connectivity index (χ1v) is 6.09. The fraction of sp³-hybridized carbons (Fsp3) is 0.143. The number of hydrogen-bond acceptors (Lipinski definition) is 3. The predicted octanol–water partition coefficient (Wildman–Crippen LogP) is 3.05. The third-order valence-electron chi connectivity index (χ3n) is 2.55. The number of aromatic nitrogens is 1. The summed E-state index contributed by atoms with van der Waals surface area (Å²) in [7, 11) is 0. The van der Waals surface area contributed by atoms with E-state index >= 15 is 0 Å². The van der Waals surface area contributed by atoms with Gasteiger partial charge in [0, 0.05) is 18.8 Å². The van der Waals surface area contributed by atoms with Crippen molar-refractivity contribution in [3.8, 4) is 5.75 Å². The molecule has 5 heteroatoms. The van der Waals surface area contributed by atoms with Gasteiger partial charge in [0.1, 0.15) is 5.75 Å². The Morgan fingerprint density at radius 3 is 2.89 bits per heavy atom. The number of halogens is 1. The summed E-state index contributed by atoms with van der Waals surface area (Å²) in [4.78, 5) is 14.9. The molecule has 0 saturated carbocycles. The SMILES string of the molecule is O=C(O)c1cc(OCCc2cccnc2)ccc1Cl. The summed E-state index contributed by atoms with van der Waals surface area (Å²) in [5.41, 5.74) is 1.11. The van der Waals surface area contributed by atoms with Crippen LogP contribution in [0.5, 0.6) is 5.75 Å². The van der Waals surface area contributed by atoms with E-state index < -0.39 is 5.97 Å². The smallest absolute Gasteiger partial charge is 0.337 e. The predicted molar refractivity (Wildman–Crippen MR) is 71.8 cm³/mol. The normalized spacial score (nSPS) is 10.2. The first-order valence-electron chi connectivity index (χ1n) is 5.71. The topological polar surface area (TPSA) is 59.4 Å². The molecule has 4 nitrogen and oxygen atoms in total. The zero-order chi connectivity index (χ0) is 13.7. The maximum Gasteiger partial charge on any atom is 0.337 e. The standard InChI is InChI=1S/C14H12ClNO3/c15-13-4-3-11(8-12(13)14(17)18)19-7-5-10-2-1-6-16-9-10/h1-4,6,8-9H,5,7H2,(H,17,18). The Kier molecular flexibility index (Phi) is 4.36. The molecule has 0 bridgehead atoms. The molecule has 2 rings (SSSR count). The third kappa shape index (κ3) is 3.69. The highest BCUT2D eigenvalue weighted by atomic mass is 35.5. The molecule has 1 aromatic heterocycles. The van der Waals surface area contributed by atoms with Crippen LogP contribution >= 0.6 is 11.6 Å². The molecular formula is C14H12ClNO3. The van der Waals surface area contributed by atoms with Gasteiger partial charge in [-0.25, -0.2) is 4.79 Å². The van der Waals surface area contributed by atoms with Gasteiger partial charge < -0.3 is 9.84 Å². The monoisotopic (exact) mass is 277 g/mol. The lowest BCUT2D eigenvalue weighted by atomic mass is 10.2. The number of carboxylic acid groups (broad SMARTS) is 1. The fourth-order valence-corrected chi connectivity index (χ4v) is 1.79. The number of benzene rings is 1. The van der Waals surface area contributed by atoms with Crippen LogP contribution < -0.4 is 4.74 Å². The summed E-state index contributed by atoms with van der Waals surface area (Å²) in [6.07, 6.45) is 4.19. The average Bonchev–Trinajstić information content (AvgIpc) is 2.41. The molecule has 0 atom stereocenters. The molecule has 0 radical (unpaired) electrons. The van der Waals surface area contributed by atoms with Gasteiger partial charge >= 0.3 is 5.97 Å². The molecule has 0 saturated heterocycles. The van der Waals surface area contributed by atoms with Crippen LogP contribution in [0.1, 0.15) is 15.9 Å². The van der Waals surface area contributed by atoms with Crippen molar-refractivity contribution in [3.05, 3.63) is 58.9 Å². The second kappa shape index (κ2) is 6.20. The lowest BCUT2D eigenvalue weighted by Gasteiger charge is -2.07. The van der Waals surface area contributed by atoms with Crippen molar-refractivity contribution in [2.45, 2.75) is 6.42 Å². The van der Waals surface area contributed by atoms with E-state index in [9.17, 15) is 4.79 Å². The van der Waals surface area contributed by atoms with E-state index in [1.54, 1.807) is 18.5 Å². The van der Waals surface area contributed by atoms with Gasteiger partial charge in [-0.3, -0.25) is 4.98 Å². The Labute approximate surface area is 115 Å². The number of hydrogen-bond donors (Lipinski definition) is 1. The van der Waals surface area contributed by atoms with Gasteiger partial charge in [-0.2, -0.15) is 0 Å². The van der Waals surface area contributed by atoms with Gasteiger partial charge in [0.25, 0.3) is 0 Å². The lowest BCUT2D eigenvalue weighted by molar-refractivity contribution is 0.0696. The Balaban J connectivity index is 1.97. The number of carbonyl (C=O) groups is 1. The summed E-state index contributed by atoms with van der Waals surface area (Å²) in [5.74, 6) is -0.576. The maximum atomic E-state index is 10.9. The number of pyridine rings is 1. The second-order valence-corrected chi connectivity index (χ2v) is 4.31. The molecule has 1 aromatic carbocycles. The number of carboxylic acids is 1. The summed E-state index contributed by atoms with van der Waals surface area (Å²) >= 11 is 5.78. The average molecular weight is 278 g/mol. The van der Waals surface area contributed by atoms with Crippen molar-refractivity contribution < 1.29 is 14.6 Å². The third-order valence-corrected chi connectivity index (χ3v) is 2.88. The lowest BCUT2D eigenvalue weighted by Crippen LogP contribution is -2.03. The van der Waals surface area contributed by atoms with E-state index in [0.717, 1.165) is 5.56 Å². The summed E-state index contributed by atoms with van der Waals surface area (Å²) in [6, 6.07) is 8.41. The second-order valence-electron chi connectivity index (χ2n) is 3.91. The van der Waals surface area contributed by atoms with Crippen LogP contribution in [0, 0.1) is 0 Å². The van der Waals surface area contributed by atoms with E-state index in [1.807, 2.05) is 12.1 Å². The maximum absolute atomic E-state index is 10.9. The number of aromatic carboxylic acids is 1. The van der Waals surface area contributed by atoms with Gasteiger partial charge in [-0.1, -0.05) is 17.7 Å². The van der Waals surface area contributed by atoms with Crippen LogP contribution in [0.25, 0.3) is 0 Å². The Hall–Kier alpha value is -2.07. The quantitative estimate of drug-likeness (QED) is 0.912. The van der Waals surface area contributed by atoms with E-state index in [2.05, 4.69) is 4.98 Å². The van der Waals surface area contributed by atoms with Crippen molar-refractivity contribution >= 4 is 17.6 Å². The largest absolute Gasteiger partial charge is 0.493 e. The van der Waals surface area contributed by atoms with Crippen LogP contribution in [-0.2, 0) is 6.42 Å². The number of rotatable bonds is 5. The van der Waals surface area contributed by atoms with Crippen LogP contribution in [0.2, 0.25) is 5.02 Å². The zero-order valence-corrected chi connectivity index (χ0v) is 10.8. The molecule has 1 heterocycles. The Bertz CT molecular complexity index is 572. The molecule has 0 amide bonds. The first-order chi connectivity index (χ1) is 9.16. The molecule has 0 fully saturated rings. The molecular weight excluding hydrogens is 266 g/mol. The minimum Gasteiger partial charge on any atom is -0.493 e. The van der Waals surface area contributed by atoms with Gasteiger partial charge in [-0.15, -0.1) is 0 Å². The van der Waals surface area contributed by atoms with Crippen LogP contribution in [-0.4, -0.2) is 22.7 Å². The summed E-state index contributed by atoms with van der Waals surface area (Å²) in [6.45, 7) is 0.451. The molecule has 0 unspecified atom stereocenters. The molecule has 0 aliphatic carbocycles. The minimum atomic E-state index is -1.07. The van der Waals surface area contributed by atoms with Crippen molar-refractivity contribution in [3.63, 3.8) is 0 Å². The van der Waals surface area contributed by atoms with E-state index in [-0.39, 0.29) is 10.6 Å². The molecule has 2 aromatic rings. The van der Waals surface area contributed by atoms with E-state index in [4.69, 9.17) is 21.4 Å². The van der Waals surface area contributed by atoms with Crippen LogP contribution in [0.15, 0.2) is 42.7 Å². The number of ether oxygens (including phenoxy) is 1. The summed E-state index contributed by atoms with van der Waals surface area (Å²) < 4.78 is 5.51. The van der Waals surface area contributed by atoms with Crippen LogP contribution in [0.3, 0.4) is 0 Å². The molecule has 1 N–H and O–H groups in total. The molecule has 0 aliphatic rings. The highest BCUT2D eigenvalue weighted by Gasteiger charge is 2.09. The molecule has 0 spiro atoms. The van der Waals surface area contributed by atoms with Crippen molar-refractivity contribution in [2.24, 2.45) is 0 Å². The highest BCUT2D eigenvalue weighted by molar-refractivity contribution is 6.33. The number of nitrogens with zero attached hydrogens (tertiary/aromatic N) is 1. The van der Waals surface area contributed by atoms with Gasteiger partial charge in [-0.05, 0) is 29.8 Å². The van der Waals surface area contributed by atoms with Crippen molar-refractivity contribution in [1.82, 2.24) is 4.98 Å². The van der Waals surface area contributed by atoms with Gasteiger partial charge in [0.2, 0.25) is 0 Å². The van der Waals surface area contributed by atoms with Crippen LogP contribution in [0.4, 0.5) is 0 Å². The minimum absolute atomic E-state index is 0.0422. The van der Waals surface area contributed by atoms with E-state index in [1.165, 1.54) is 12.1 Å². The van der Waals surface area contributed by atoms with Crippen molar-refractivity contribution in [2.75, 3.05) is 6.61 Å². The summed E-state index contributed by atoms with van der Waals surface area (Å²) in [5, 5.41) is 9.15. The Morgan fingerprint density at radius 2 is 2.21 bits per heavy atom. The zero-order valence-electron chi connectivity index (χ0n) is 10.0. The fourth-order valence-electron chi connectivity index (χ4n) is 1.59. The van der Waals surface area contributed by atoms with E-state index in [0.29, 0.717) is 18.8 Å². The molecule has 98 valence electrons.